The van der Waals surface area contributed by atoms with Crippen molar-refractivity contribution in [2.24, 2.45) is 0 Å². The molecule has 0 bridgehead atoms. The highest BCUT2D eigenvalue weighted by atomic mass is 32.3. The van der Waals surface area contributed by atoms with Gasteiger partial charge in [0.05, 0.1) is 0 Å². The first kappa shape index (κ1) is 31.2. The molecule has 2 fully saturated rings. The van der Waals surface area contributed by atoms with Crippen LogP contribution >= 0.6 is 0 Å². The lowest BCUT2D eigenvalue weighted by Gasteiger charge is -2.28. The summed E-state index contributed by atoms with van der Waals surface area (Å²) in [6.45, 7) is 3.83. The lowest BCUT2D eigenvalue weighted by molar-refractivity contribution is -0.211. The van der Waals surface area contributed by atoms with Crippen LogP contribution in [0.4, 0.5) is 0 Å². The molecule has 228 valence electrons. The summed E-state index contributed by atoms with van der Waals surface area (Å²) in [6.07, 6.45) is -0.824. The Morgan fingerprint density at radius 1 is 0.707 bits per heavy atom. The fourth-order valence-electron chi connectivity index (χ4n) is 3.44. The SMILES string of the molecule is CC(C)(c1ccc(OC2CO2)c(OCCOOS(=O)(=O)O)c1)c1ccc(OC2CO2)c(OCCOOS(=O)(=O)O)c1. The standard InChI is InChI=1S/C23H28O16S2/c1-23(2,15-3-5-17(36-21-13-32-21)19(11-15)30-7-9-34-38-40(24,25)26)16-4-6-18(37-22-14-33-22)20(12-16)31-8-10-35-39-41(27,28)29/h3-6,11-12,21-22H,7-10,13-14H2,1-2H3,(H,24,25,26)(H,27,28,29). The van der Waals surface area contributed by atoms with Crippen molar-refractivity contribution in [3.63, 3.8) is 0 Å². The lowest BCUT2D eigenvalue weighted by atomic mass is 9.78. The second-order valence-corrected chi connectivity index (χ2v) is 11.0. The fourth-order valence-corrected chi connectivity index (χ4v) is 3.82. The molecule has 2 heterocycles. The van der Waals surface area contributed by atoms with Gasteiger partial charge in [-0.2, -0.15) is 16.8 Å². The average molecular weight is 625 g/mol. The number of ether oxygens (including phenoxy) is 6. The van der Waals surface area contributed by atoms with E-state index >= 15 is 0 Å². The minimum absolute atomic E-state index is 0.141. The fraction of sp³-hybridized carbons (Fsp3) is 0.478. The third-order valence-electron chi connectivity index (χ3n) is 5.57. The summed E-state index contributed by atoms with van der Waals surface area (Å²) < 4.78 is 101. The van der Waals surface area contributed by atoms with E-state index < -0.39 is 38.8 Å². The van der Waals surface area contributed by atoms with E-state index in [1.54, 1.807) is 24.3 Å². The van der Waals surface area contributed by atoms with E-state index in [1.165, 1.54) is 0 Å². The van der Waals surface area contributed by atoms with Crippen molar-refractivity contribution in [3.05, 3.63) is 47.5 Å². The van der Waals surface area contributed by atoms with Crippen LogP contribution in [0.2, 0.25) is 0 Å². The molecule has 2 atom stereocenters. The van der Waals surface area contributed by atoms with Gasteiger partial charge in [0.15, 0.2) is 23.0 Å². The Hall–Kier alpha value is -2.78. The topological polar surface area (TPSA) is 208 Å². The van der Waals surface area contributed by atoms with Gasteiger partial charge in [-0.15, -0.1) is 0 Å². The van der Waals surface area contributed by atoms with Crippen LogP contribution in [0.15, 0.2) is 36.4 Å². The van der Waals surface area contributed by atoms with Gasteiger partial charge >= 0.3 is 20.8 Å². The van der Waals surface area contributed by atoms with Crippen molar-refractivity contribution < 1.29 is 72.8 Å². The highest BCUT2D eigenvalue weighted by Gasteiger charge is 2.30. The molecule has 0 saturated carbocycles. The van der Waals surface area contributed by atoms with Gasteiger partial charge in [0.2, 0.25) is 12.6 Å². The van der Waals surface area contributed by atoms with Crippen molar-refractivity contribution >= 4 is 20.8 Å². The van der Waals surface area contributed by atoms with Gasteiger partial charge in [-0.05, 0) is 35.4 Å². The Morgan fingerprint density at radius 3 is 1.44 bits per heavy atom. The zero-order valence-corrected chi connectivity index (χ0v) is 23.4. The summed E-state index contributed by atoms with van der Waals surface area (Å²) >= 11 is 0. The van der Waals surface area contributed by atoms with Crippen molar-refractivity contribution in [1.82, 2.24) is 0 Å². The van der Waals surface area contributed by atoms with Crippen molar-refractivity contribution in [2.45, 2.75) is 31.8 Å². The molecule has 41 heavy (non-hydrogen) atoms. The van der Waals surface area contributed by atoms with Gasteiger partial charge in [-0.1, -0.05) is 34.6 Å². The molecule has 2 N–H and O–H groups in total. The second kappa shape index (κ2) is 13.0. The summed E-state index contributed by atoms with van der Waals surface area (Å²) in [6, 6.07) is 10.6. The first-order valence-corrected chi connectivity index (χ1v) is 14.7. The van der Waals surface area contributed by atoms with E-state index in [0.29, 0.717) is 36.2 Å². The molecular weight excluding hydrogens is 596 g/mol. The van der Waals surface area contributed by atoms with E-state index in [-0.39, 0.29) is 26.4 Å². The maximum atomic E-state index is 10.6. The molecule has 2 saturated heterocycles. The van der Waals surface area contributed by atoms with Gasteiger partial charge < -0.3 is 28.4 Å². The lowest BCUT2D eigenvalue weighted by Crippen LogP contribution is -2.20. The summed E-state index contributed by atoms with van der Waals surface area (Å²) in [5.41, 5.74) is 0.942. The first-order chi connectivity index (χ1) is 19.3. The van der Waals surface area contributed by atoms with Gasteiger partial charge in [-0.3, -0.25) is 9.11 Å². The van der Waals surface area contributed by atoms with Crippen LogP contribution < -0.4 is 18.9 Å². The Kier molecular flexibility index (Phi) is 9.90. The molecular formula is C23H28O16S2. The molecule has 0 radical (unpaired) electrons. The third kappa shape index (κ3) is 10.2. The van der Waals surface area contributed by atoms with Gasteiger partial charge in [0.1, 0.15) is 39.6 Å². The van der Waals surface area contributed by atoms with Crippen LogP contribution in [0.25, 0.3) is 0 Å². The molecule has 0 amide bonds. The summed E-state index contributed by atoms with van der Waals surface area (Å²) in [4.78, 5) is 8.84. The molecule has 0 aliphatic carbocycles. The highest BCUT2D eigenvalue weighted by molar-refractivity contribution is 7.81. The van der Waals surface area contributed by atoms with Crippen LogP contribution in [0.3, 0.4) is 0 Å². The molecule has 2 aromatic rings. The summed E-state index contributed by atoms with van der Waals surface area (Å²) in [7, 11) is -9.52. The second-order valence-electron chi connectivity index (χ2n) is 9.04. The average Bonchev–Trinajstić information content (AvgIpc) is 3.81. The monoisotopic (exact) mass is 624 g/mol. The highest BCUT2D eigenvalue weighted by Crippen LogP contribution is 2.41. The molecule has 0 spiro atoms. The largest absolute Gasteiger partial charge is 0.487 e. The molecule has 2 aliphatic heterocycles. The van der Waals surface area contributed by atoms with E-state index in [2.05, 4.69) is 18.4 Å². The van der Waals surface area contributed by atoms with E-state index in [4.69, 9.17) is 37.5 Å². The minimum atomic E-state index is -4.76. The van der Waals surface area contributed by atoms with E-state index in [0.717, 1.165) is 11.1 Å². The smallest absolute Gasteiger partial charge is 0.424 e. The quantitative estimate of drug-likeness (QED) is 0.0796. The Morgan fingerprint density at radius 2 is 1.10 bits per heavy atom. The first-order valence-electron chi connectivity index (χ1n) is 12.0. The Labute approximate surface area is 235 Å². The molecule has 2 unspecified atom stereocenters. The number of hydrogen-bond acceptors (Lipinski definition) is 14. The van der Waals surface area contributed by atoms with Crippen LogP contribution in [-0.2, 0) is 54.1 Å². The normalized spacial score (nSPS) is 18.5. The zero-order chi connectivity index (χ0) is 29.7. The van der Waals surface area contributed by atoms with Crippen LogP contribution in [0.1, 0.15) is 25.0 Å². The van der Waals surface area contributed by atoms with Crippen molar-refractivity contribution in [2.75, 3.05) is 39.6 Å². The number of epoxide rings is 2. The van der Waals surface area contributed by atoms with Crippen LogP contribution in [0.5, 0.6) is 23.0 Å². The van der Waals surface area contributed by atoms with Gasteiger partial charge in [0.25, 0.3) is 0 Å². The minimum Gasteiger partial charge on any atom is -0.487 e. The number of hydrogen-bond donors (Lipinski definition) is 2. The van der Waals surface area contributed by atoms with Crippen molar-refractivity contribution in [1.29, 1.82) is 0 Å². The number of benzene rings is 2. The summed E-state index contributed by atoms with van der Waals surface area (Å²) in [5.74, 6) is 1.40. The maximum Gasteiger partial charge on any atom is 0.424 e. The molecule has 18 heteroatoms. The molecule has 2 aromatic carbocycles. The summed E-state index contributed by atoms with van der Waals surface area (Å²) in [5, 5.41) is 0. The number of rotatable bonds is 18. The van der Waals surface area contributed by atoms with E-state index in [9.17, 15) is 16.8 Å². The molecule has 4 rings (SSSR count). The van der Waals surface area contributed by atoms with Crippen LogP contribution in [-0.4, -0.2) is 78.2 Å². The van der Waals surface area contributed by atoms with E-state index in [1.807, 2.05) is 26.0 Å². The van der Waals surface area contributed by atoms with Gasteiger partial charge in [-0.25, -0.2) is 9.78 Å². The molecule has 0 aromatic heterocycles. The molecule has 16 nitrogen and oxygen atoms in total. The predicted octanol–water partition coefficient (Wildman–Crippen LogP) is 1.74. The maximum absolute atomic E-state index is 10.6. The Balaban J connectivity index is 1.50. The molecule has 2 aliphatic rings. The zero-order valence-electron chi connectivity index (χ0n) is 21.8. The van der Waals surface area contributed by atoms with Crippen LogP contribution in [0, 0.1) is 0 Å². The predicted molar refractivity (Wildman–Crippen MR) is 134 cm³/mol. The Bertz CT molecular complexity index is 1300. The van der Waals surface area contributed by atoms with Gasteiger partial charge in [0, 0.05) is 5.41 Å². The third-order valence-corrected chi connectivity index (χ3v) is 6.11. The van der Waals surface area contributed by atoms with Crippen molar-refractivity contribution in [3.8, 4) is 23.0 Å².